The Morgan fingerprint density at radius 1 is 1.00 bits per heavy atom. The van der Waals surface area contributed by atoms with Crippen molar-refractivity contribution in [2.45, 2.75) is 0 Å². The third-order valence-electron chi connectivity index (χ3n) is 1.26. The monoisotopic (exact) mass is 403 g/mol. The van der Waals surface area contributed by atoms with Gasteiger partial charge >= 0.3 is 92.9 Å². The summed E-state index contributed by atoms with van der Waals surface area (Å²) in [5.41, 5.74) is 0. The topological polar surface area (TPSA) is 50.0 Å². The van der Waals surface area contributed by atoms with Crippen LogP contribution in [0.25, 0.3) is 0 Å². The number of hydrogen-bond donors (Lipinski definition) is 0. The van der Waals surface area contributed by atoms with Crippen molar-refractivity contribution in [2.24, 2.45) is 0 Å². The molecule has 0 amide bonds. The number of hydrogen-bond acceptors (Lipinski definition) is 2. The van der Waals surface area contributed by atoms with Crippen LogP contribution in [0, 0.1) is 0 Å². The molecule has 0 saturated carbocycles. The Hall–Kier alpha value is 0.558. The fourth-order valence-corrected chi connectivity index (χ4v) is 2.78. The molecule has 0 bridgehead atoms. The summed E-state index contributed by atoms with van der Waals surface area (Å²) in [6.45, 7) is 0. The summed E-state index contributed by atoms with van der Waals surface area (Å²) in [4.78, 5) is 0. The molecule has 65 valence electrons. The summed E-state index contributed by atoms with van der Waals surface area (Å²) < 4.78 is 12.6. The van der Waals surface area contributed by atoms with Crippen molar-refractivity contribution in [1.82, 2.24) is 0 Å². The third-order valence-corrected chi connectivity index (χ3v) is 4.65. The van der Waals surface area contributed by atoms with Crippen molar-refractivity contribution >= 4 is 54.3 Å². The molecule has 1 heterocycles. The fraction of sp³-hybridized carbons (Fsp3) is 0. The molecule has 6 heteroatoms. The standard InChI is InChI=1S/C6H4Br2O2.H2O.Sb/c7-3-1-5(9)6(10)2-4(3)8;;/h1-2,9-10H;1H2;/q;;+2/p-2. The van der Waals surface area contributed by atoms with E-state index < -0.39 is 22.5 Å². The SMILES string of the molecule is Brc1cc2c(cc1Br)[O][Sb][O]2.O. The summed E-state index contributed by atoms with van der Waals surface area (Å²) in [5.74, 6) is 1.72. The van der Waals surface area contributed by atoms with E-state index in [1.54, 1.807) is 0 Å². The zero-order valence-electron chi connectivity index (χ0n) is 5.67. The summed E-state index contributed by atoms with van der Waals surface area (Å²) >= 11 is 5.89. The molecule has 2 N–H and O–H groups in total. The first-order valence-corrected chi connectivity index (χ1v) is 6.48. The first-order chi connectivity index (χ1) is 5.27. The van der Waals surface area contributed by atoms with Crippen LogP contribution in [-0.4, -0.2) is 27.9 Å². The average molecular weight is 406 g/mol. The molecular formula is C6H4Br2O3Sb. The number of fused-ring (bicyclic) bond motifs is 1. The van der Waals surface area contributed by atoms with Crippen LogP contribution in [0.15, 0.2) is 21.1 Å². The first-order valence-electron chi connectivity index (χ1n) is 2.81. The van der Waals surface area contributed by atoms with E-state index in [-0.39, 0.29) is 5.48 Å². The largest absolute Gasteiger partial charge is 0.412 e. The normalized spacial score (nSPS) is 12.5. The average Bonchev–Trinajstić information content (AvgIpc) is 2.36. The second-order valence-electron chi connectivity index (χ2n) is 1.97. The molecule has 1 radical (unpaired) electrons. The van der Waals surface area contributed by atoms with Gasteiger partial charge in [0.05, 0.1) is 0 Å². The molecule has 0 aliphatic carbocycles. The van der Waals surface area contributed by atoms with Crippen molar-refractivity contribution in [1.29, 1.82) is 0 Å². The Balaban J connectivity index is 0.000000720. The van der Waals surface area contributed by atoms with E-state index >= 15 is 0 Å². The van der Waals surface area contributed by atoms with Gasteiger partial charge in [-0.05, 0) is 0 Å². The van der Waals surface area contributed by atoms with E-state index in [0.29, 0.717) is 0 Å². The van der Waals surface area contributed by atoms with E-state index in [9.17, 15) is 0 Å². The summed E-state index contributed by atoms with van der Waals surface area (Å²) in [6, 6.07) is 3.84. The Labute approximate surface area is 97.7 Å². The minimum absolute atomic E-state index is 0. The minimum Gasteiger partial charge on any atom is -0.412 e. The molecule has 1 aromatic rings. The van der Waals surface area contributed by atoms with Crippen LogP contribution < -0.4 is 6.03 Å². The molecule has 2 rings (SSSR count). The zero-order chi connectivity index (χ0) is 7.84. The van der Waals surface area contributed by atoms with Gasteiger partial charge in [-0.2, -0.15) is 0 Å². The van der Waals surface area contributed by atoms with Gasteiger partial charge in [0.25, 0.3) is 0 Å². The van der Waals surface area contributed by atoms with Gasteiger partial charge in [0.15, 0.2) is 0 Å². The quantitative estimate of drug-likeness (QED) is 0.617. The Kier molecular flexibility index (Phi) is 3.70. The molecule has 1 aliphatic heterocycles. The molecule has 1 aliphatic rings. The maximum atomic E-state index is 5.31. The van der Waals surface area contributed by atoms with Gasteiger partial charge in [-0.25, -0.2) is 0 Å². The van der Waals surface area contributed by atoms with Crippen LogP contribution in [0.4, 0.5) is 0 Å². The van der Waals surface area contributed by atoms with E-state index in [1.165, 1.54) is 0 Å². The van der Waals surface area contributed by atoms with Gasteiger partial charge in [0.2, 0.25) is 0 Å². The predicted octanol–water partition coefficient (Wildman–Crippen LogP) is 1.69. The summed E-state index contributed by atoms with van der Waals surface area (Å²) in [6.07, 6.45) is 0. The van der Waals surface area contributed by atoms with Crippen molar-refractivity contribution < 1.29 is 11.5 Å². The maximum Gasteiger partial charge on any atom is -0.412 e. The van der Waals surface area contributed by atoms with Crippen LogP contribution in [0.5, 0.6) is 11.5 Å². The van der Waals surface area contributed by atoms with Crippen molar-refractivity contribution in [3.05, 3.63) is 21.1 Å². The molecule has 0 saturated heterocycles. The fourth-order valence-electron chi connectivity index (χ4n) is 0.752. The predicted molar refractivity (Wildman–Crippen MR) is 52.5 cm³/mol. The molecule has 0 aromatic heterocycles. The second kappa shape index (κ2) is 4.18. The number of rotatable bonds is 0. The zero-order valence-corrected chi connectivity index (χ0v) is 11.4. The van der Waals surface area contributed by atoms with Crippen molar-refractivity contribution in [3.8, 4) is 11.5 Å². The van der Waals surface area contributed by atoms with Crippen LogP contribution in [0.3, 0.4) is 0 Å². The summed E-state index contributed by atoms with van der Waals surface area (Å²) in [7, 11) is 0. The third kappa shape index (κ3) is 1.90. The molecule has 3 nitrogen and oxygen atoms in total. The second-order valence-corrected chi connectivity index (χ2v) is 5.15. The van der Waals surface area contributed by atoms with Gasteiger partial charge in [-0.1, -0.05) is 0 Å². The minimum atomic E-state index is -0.872. The molecule has 0 atom stereocenters. The summed E-state index contributed by atoms with van der Waals surface area (Å²) in [5, 5.41) is 0. The molecular weight excluding hydrogens is 402 g/mol. The number of halogens is 2. The first kappa shape index (κ1) is 10.6. The van der Waals surface area contributed by atoms with Gasteiger partial charge < -0.3 is 5.48 Å². The van der Waals surface area contributed by atoms with Gasteiger partial charge in [0, 0.05) is 0 Å². The molecule has 0 fully saturated rings. The van der Waals surface area contributed by atoms with E-state index in [4.69, 9.17) is 6.03 Å². The molecule has 0 unspecified atom stereocenters. The van der Waals surface area contributed by atoms with E-state index in [0.717, 1.165) is 20.4 Å². The van der Waals surface area contributed by atoms with Crippen molar-refractivity contribution in [3.63, 3.8) is 0 Å². The molecule has 0 spiro atoms. The van der Waals surface area contributed by atoms with Gasteiger partial charge in [0.1, 0.15) is 0 Å². The number of benzene rings is 1. The Morgan fingerprint density at radius 3 is 1.83 bits per heavy atom. The van der Waals surface area contributed by atoms with E-state index in [1.807, 2.05) is 12.1 Å². The Morgan fingerprint density at radius 2 is 1.42 bits per heavy atom. The maximum absolute atomic E-state index is 5.31. The molecule has 1 aromatic carbocycles. The molecule has 12 heavy (non-hydrogen) atoms. The smallest absolute Gasteiger partial charge is 0.412 e. The van der Waals surface area contributed by atoms with Crippen molar-refractivity contribution in [2.75, 3.05) is 0 Å². The van der Waals surface area contributed by atoms with Gasteiger partial charge in [-0.3, -0.25) is 0 Å². The van der Waals surface area contributed by atoms with Crippen LogP contribution in [-0.2, 0) is 0 Å². The Bertz CT molecular complexity index is 276. The van der Waals surface area contributed by atoms with E-state index in [2.05, 4.69) is 31.9 Å². The van der Waals surface area contributed by atoms with Crippen LogP contribution >= 0.6 is 31.9 Å². The van der Waals surface area contributed by atoms with Crippen LogP contribution in [0.2, 0.25) is 0 Å². The van der Waals surface area contributed by atoms with Crippen LogP contribution in [0.1, 0.15) is 0 Å². The van der Waals surface area contributed by atoms with Gasteiger partial charge in [-0.15, -0.1) is 0 Å².